The molecule has 0 aromatic heterocycles. The first kappa shape index (κ1) is 12.1. The average molecular weight is 208 g/mol. The van der Waals surface area contributed by atoms with Crippen molar-refractivity contribution in [2.45, 2.75) is 12.3 Å². The second-order valence-corrected chi connectivity index (χ2v) is 1.88. The summed E-state index contributed by atoms with van der Waals surface area (Å²) in [4.78, 5) is 10.1. The lowest BCUT2D eigenvalue weighted by Crippen LogP contribution is -2.40. The Hall–Kier alpha value is -0.920. The van der Waals surface area contributed by atoms with Crippen molar-refractivity contribution in [1.82, 2.24) is 0 Å². The normalized spacial score (nSPS) is 12.8. The SMILES string of the molecule is COC(=O)COC(F)(F)C(F)(F)F. The van der Waals surface area contributed by atoms with Gasteiger partial charge in [0, 0.05) is 0 Å². The molecule has 0 aromatic carbocycles. The lowest BCUT2D eigenvalue weighted by molar-refractivity contribution is -0.389. The molecule has 0 fully saturated rings. The van der Waals surface area contributed by atoms with Crippen LogP contribution in [0.4, 0.5) is 22.0 Å². The Labute approximate surface area is 69.4 Å². The summed E-state index contributed by atoms with van der Waals surface area (Å²) in [5.41, 5.74) is 0. The van der Waals surface area contributed by atoms with Crippen molar-refractivity contribution >= 4 is 5.97 Å². The van der Waals surface area contributed by atoms with Gasteiger partial charge in [0.25, 0.3) is 0 Å². The summed E-state index contributed by atoms with van der Waals surface area (Å²) < 4.78 is 64.6. The van der Waals surface area contributed by atoms with Crippen LogP contribution in [-0.2, 0) is 14.3 Å². The summed E-state index contributed by atoms with van der Waals surface area (Å²) in [7, 11) is 0.831. The first-order valence-corrected chi connectivity index (χ1v) is 2.86. The van der Waals surface area contributed by atoms with E-state index in [4.69, 9.17) is 0 Å². The van der Waals surface area contributed by atoms with Gasteiger partial charge in [-0.25, -0.2) is 4.79 Å². The van der Waals surface area contributed by atoms with Gasteiger partial charge in [-0.2, -0.15) is 22.0 Å². The third-order valence-corrected chi connectivity index (χ3v) is 0.929. The van der Waals surface area contributed by atoms with Crippen LogP contribution >= 0.6 is 0 Å². The molecule has 8 heteroatoms. The fourth-order valence-corrected chi connectivity index (χ4v) is 0.290. The van der Waals surface area contributed by atoms with Gasteiger partial charge in [-0.15, -0.1) is 0 Å². The topological polar surface area (TPSA) is 35.5 Å². The standard InChI is InChI=1S/C5H5F5O3/c1-12-3(11)2-13-5(9,10)4(6,7)8/h2H2,1H3. The van der Waals surface area contributed by atoms with Crippen molar-refractivity contribution in [3.63, 3.8) is 0 Å². The molecule has 0 atom stereocenters. The van der Waals surface area contributed by atoms with Gasteiger partial charge in [-0.3, -0.25) is 0 Å². The van der Waals surface area contributed by atoms with Crippen LogP contribution in [0.5, 0.6) is 0 Å². The molecule has 0 heterocycles. The van der Waals surface area contributed by atoms with Crippen LogP contribution in [0, 0.1) is 0 Å². The van der Waals surface area contributed by atoms with E-state index in [9.17, 15) is 26.7 Å². The molecule has 0 amide bonds. The molecule has 0 aromatic rings. The monoisotopic (exact) mass is 208 g/mol. The Kier molecular flexibility index (Phi) is 3.59. The smallest absolute Gasteiger partial charge is 0.467 e. The van der Waals surface area contributed by atoms with E-state index in [0.717, 1.165) is 7.11 Å². The Morgan fingerprint density at radius 3 is 2.00 bits per heavy atom. The van der Waals surface area contributed by atoms with Crippen LogP contribution in [0.25, 0.3) is 0 Å². The minimum absolute atomic E-state index is 0.831. The van der Waals surface area contributed by atoms with Gasteiger partial charge in [-0.05, 0) is 0 Å². The summed E-state index contributed by atoms with van der Waals surface area (Å²) in [6, 6.07) is 0. The number of halogens is 5. The molecular formula is C5H5F5O3. The highest BCUT2D eigenvalue weighted by Crippen LogP contribution is 2.36. The molecule has 3 nitrogen and oxygen atoms in total. The lowest BCUT2D eigenvalue weighted by Gasteiger charge is -2.18. The van der Waals surface area contributed by atoms with E-state index in [1.54, 1.807) is 0 Å². The second-order valence-electron chi connectivity index (χ2n) is 1.88. The predicted octanol–water partition coefficient (Wildman–Crippen LogP) is 1.33. The molecule has 0 saturated carbocycles. The summed E-state index contributed by atoms with van der Waals surface area (Å²) in [5, 5.41) is 0. The average Bonchev–Trinajstić information content (AvgIpc) is 1.98. The minimum Gasteiger partial charge on any atom is -0.467 e. The zero-order valence-corrected chi connectivity index (χ0v) is 6.32. The third kappa shape index (κ3) is 3.53. The Bertz CT molecular complexity index is 187. The molecule has 0 rings (SSSR count). The van der Waals surface area contributed by atoms with Crippen molar-refractivity contribution in [1.29, 1.82) is 0 Å². The van der Waals surface area contributed by atoms with Gasteiger partial charge in [0.1, 0.15) is 0 Å². The third-order valence-electron chi connectivity index (χ3n) is 0.929. The van der Waals surface area contributed by atoms with Crippen molar-refractivity contribution < 1.29 is 36.2 Å². The fourth-order valence-electron chi connectivity index (χ4n) is 0.290. The molecular weight excluding hydrogens is 203 g/mol. The van der Waals surface area contributed by atoms with E-state index in [0.29, 0.717) is 0 Å². The van der Waals surface area contributed by atoms with Gasteiger partial charge in [0.15, 0.2) is 6.61 Å². The largest absolute Gasteiger partial charge is 0.482 e. The van der Waals surface area contributed by atoms with Gasteiger partial charge in [0.2, 0.25) is 0 Å². The Morgan fingerprint density at radius 2 is 1.69 bits per heavy atom. The maximum Gasteiger partial charge on any atom is 0.482 e. The molecule has 0 aliphatic heterocycles. The summed E-state index contributed by atoms with van der Waals surface area (Å²) in [6.07, 6.45) is -11.2. The van der Waals surface area contributed by atoms with Crippen LogP contribution in [0.2, 0.25) is 0 Å². The van der Waals surface area contributed by atoms with Crippen LogP contribution in [0.1, 0.15) is 0 Å². The fraction of sp³-hybridized carbons (Fsp3) is 0.800. The quantitative estimate of drug-likeness (QED) is 0.518. The zero-order chi connectivity index (χ0) is 10.7. The lowest BCUT2D eigenvalue weighted by atomic mass is 10.6. The summed E-state index contributed by atoms with van der Waals surface area (Å²) >= 11 is 0. The van der Waals surface area contributed by atoms with E-state index in [1.807, 2.05) is 0 Å². The number of hydrogen-bond acceptors (Lipinski definition) is 3. The van der Waals surface area contributed by atoms with E-state index >= 15 is 0 Å². The molecule has 0 saturated heterocycles. The maximum absolute atomic E-state index is 11.9. The Morgan fingerprint density at radius 1 is 1.23 bits per heavy atom. The number of rotatable bonds is 3. The number of esters is 1. The highest BCUT2D eigenvalue weighted by molar-refractivity contribution is 5.70. The number of hydrogen-bond donors (Lipinski definition) is 0. The van der Waals surface area contributed by atoms with Crippen molar-refractivity contribution in [2.75, 3.05) is 13.7 Å². The van der Waals surface area contributed by atoms with Crippen LogP contribution in [0.3, 0.4) is 0 Å². The first-order chi connectivity index (χ1) is 5.70. The van der Waals surface area contributed by atoms with Gasteiger partial charge in [-0.1, -0.05) is 0 Å². The number of methoxy groups -OCH3 is 1. The number of ether oxygens (including phenoxy) is 2. The second kappa shape index (κ2) is 3.86. The highest BCUT2D eigenvalue weighted by Gasteiger charge is 2.59. The highest BCUT2D eigenvalue weighted by atomic mass is 19.4. The van der Waals surface area contributed by atoms with Crippen LogP contribution < -0.4 is 0 Å². The number of carbonyl (C=O) groups is 1. The summed E-state index contributed by atoms with van der Waals surface area (Å²) in [6.45, 7) is -1.46. The van der Waals surface area contributed by atoms with Crippen LogP contribution in [-0.4, -0.2) is 32.0 Å². The van der Waals surface area contributed by atoms with E-state index in [1.165, 1.54) is 0 Å². The van der Waals surface area contributed by atoms with Gasteiger partial charge < -0.3 is 9.47 Å². The molecule has 13 heavy (non-hydrogen) atoms. The van der Waals surface area contributed by atoms with Crippen LogP contribution in [0.15, 0.2) is 0 Å². The number of alkyl halides is 5. The molecule has 0 bridgehead atoms. The van der Waals surface area contributed by atoms with Gasteiger partial charge in [0.05, 0.1) is 7.11 Å². The van der Waals surface area contributed by atoms with E-state index in [2.05, 4.69) is 9.47 Å². The molecule has 0 unspecified atom stereocenters. The van der Waals surface area contributed by atoms with Crippen molar-refractivity contribution in [3.05, 3.63) is 0 Å². The van der Waals surface area contributed by atoms with E-state index in [-0.39, 0.29) is 0 Å². The van der Waals surface area contributed by atoms with E-state index < -0.39 is 24.9 Å². The Balaban J connectivity index is 4.12. The maximum atomic E-state index is 11.9. The predicted molar refractivity (Wildman–Crippen MR) is 29.0 cm³/mol. The first-order valence-electron chi connectivity index (χ1n) is 2.86. The molecule has 0 N–H and O–H groups in total. The molecule has 78 valence electrons. The molecule has 0 aliphatic carbocycles. The zero-order valence-electron chi connectivity index (χ0n) is 6.32. The molecule has 0 radical (unpaired) electrons. The van der Waals surface area contributed by atoms with Crippen molar-refractivity contribution in [3.8, 4) is 0 Å². The number of carbonyl (C=O) groups excluding carboxylic acids is 1. The molecule has 0 aliphatic rings. The minimum atomic E-state index is -5.83. The van der Waals surface area contributed by atoms with Crippen molar-refractivity contribution in [2.24, 2.45) is 0 Å². The summed E-state index contributed by atoms with van der Waals surface area (Å²) in [5.74, 6) is -1.32. The molecule has 0 spiro atoms. The van der Waals surface area contributed by atoms with Gasteiger partial charge >= 0.3 is 18.3 Å².